The van der Waals surface area contributed by atoms with Crippen LogP contribution in [0.15, 0.2) is 48.5 Å². The summed E-state index contributed by atoms with van der Waals surface area (Å²) in [5.74, 6) is 1.13. The van der Waals surface area contributed by atoms with Gasteiger partial charge >= 0.3 is 0 Å². The molecule has 2 aromatic rings. The number of ether oxygens (including phenoxy) is 2. The molecule has 1 fully saturated rings. The summed E-state index contributed by atoms with van der Waals surface area (Å²) in [7, 11) is 1.67. The highest BCUT2D eigenvalue weighted by Gasteiger charge is 2.33. The first-order valence-electron chi connectivity index (χ1n) is 10.3. The molecule has 0 bridgehead atoms. The van der Waals surface area contributed by atoms with E-state index in [1.165, 1.54) is 4.90 Å². The third-order valence-electron chi connectivity index (χ3n) is 5.65. The monoisotopic (exact) mass is 409 g/mol. The Kier molecular flexibility index (Phi) is 5.79. The number of anilines is 2. The van der Waals surface area contributed by atoms with E-state index < -0.39 is 6.10 Å². The summed E-state index contributed by atoms with van der Waals surface area (Å²) < 4.78 is 10.9. The summed E-state index contributed by atoms with van der Waals surface area (Å²) in [6, 6.07) is 15.4. The third-order valence-corrected chi connectivity index (χ3v) is 5.65. The lowest BCUT2D eigenvalue weighted by Gasteiger charge is -2.35. The molecule has 0 radical (unpaired) electrons. The number of fused-ring (bicyclic) bond motifs is 1. The van der Waals surface area contributed by atoms with E-state index >= 15 is 0 Å². The summed E-state index contributed by atoms with van der Waals surface area (Å²) in [5, 5.41) is 3.10. The van der Waals surface area contributed by atoms with Gasteiger partial charge in [-0.15, -0.1) is 0 Å². The number of methoxy groups -OCH3 is 1. The van der Waals surface area contributed by atoms with Gasteiger partial charge in [-0.25, -0.2) is 0 Å². The van der Waals surface area contributed by atoms with E-state index in [4.69, 9.17) is 9.47 Å². The Labute approximate surface area is 176 Å². The number of rotatable bonds is 5. The van der Waals surface area contributed by atoms with Gasteiger partial charge in [-0.1, -0.05) is 18.2 Å². The van der Waals surface area contributed by atoms with Crippen LogP contribution in [0.5, 0.6) is 11.5 Å². The first-order chi connectivity index (χ1) is 14.5. The van der Waals surface area contributed by atoms with Gasteiger partial charge in [-0.05, 0) is 44.0 Å². The topological polar surface area (TPSA) is 71.1 Å². The van der Waals surface area contributed by atoms with E-state index in [1.807, 2.05) is 36.4 Å². The van der Waals surface area contributed by atoms with Gasteiger partial charge < -0.3 is 19.7 Å². The molecular weight excluding hydrogens is 382 g/mol. The van der Waals surface area contributed by atoms with Gasteiger partial charge in [0, 0.05) is 30.9 Å². The fraction of sp³-hybridized carbons (Fsp3) is 0.391. The quantitative estimate of drug-likeness (QED) is 0.822. The number of hydrogen-bond acceptors (Lipinski definition) is 5. The van der Waals surface area contributed by atoms with Gasteiger partial charge in [-0.2, -0.15) is 0 Å². The van der Waals surface area contributed by atoms with Crippen LogP contribution in [0.4, 0.5) is 11.4 Å². The van der Waals surface area contributed by atoms with Crippen LogP contribution in [0.3, 0.4) is 0 Å². The van der Waals surface area contributed by atoms with Crippen molar-refractivity contribution in [1.29, 1.82) is 0 Å². The number of para-hydroxylation sites is 2. The molecule has 0 saturated carbocycles. The van der Waals surface area contributed by atoms with Crippen molar-refractivity contribution in [3.8, 4) is 11.5 Å². The smallest absolute Gasteiger partial charge is 0.268 e. The van der Waals surface area contributed by atoms with Crippen LogP contribution in [0, 0.1) is 0 Å². The summed E-state index contributed by atoms with van der Waals surface area (Å²) in [6.45, 7) is 3.42. The molecule has 1 unspecified atom stereocenters. The van der Waals surface area contributed by atoms with Gasteiger partial charge in [-0.3, -0.25) is 14.5 Å². The minimum absolute atomic E-state index is 0.000352. The van der Waals surface area contributed by atoms with Gasteiger partial charge in [0.05, 0.1) is 12.8 Å². The number of amides is 2. The van der Waals surface area contributed by atoms with Crippen molar-refractivity contribution in [2.24, 2.45) is 0 Å². The molecule has 0 aliphatic carbocycles. The highest BCUT2D eigenvalue weighted by molar-refractivity contribution is 6.03. The Balaban J connectivity index is 1.34. The minimum Gasteiger partial charge on any atom is -0.497 e. The predicted molar refractivity (Wildman–Crippen MR) is 115 cm³/mol. The molecular formula is C23H27N3O4. The lowest BCUT2D eigenvalue weighted by molar-refractivity contribution is -0.128. The standard InChI is InChI=1S/C23H27N3O4/c1-16-23(28)26(20-8-3-4-9-21(20)30-16)15-22(27)24-17-10-12-25(13-11-17)18-6-5-7-19(14-18)29-2/h3-9,14,16-17H,10-13,15H2,1-2H3,(H,24,27). The lowest BCUT2D eigenvalue weighted by Crippen LogP contribution is -2.51. The van der Waals surface area contributed by atoms with Gasteiger partial charge in [0.25, 0.3) is 5.91 Å². The number of piperidine rings is 1. The molecule has 30 heavy (non-hydrogen) atoms. The number of carbonyl (C=O) groups excluding carboxylic acids is 2. The zero-order valence-electron chi connectivity index (χ0n) is 17.3. The van der Waals surface area contributed by atoms with Crippen molar-refractivity contribution in [2.75, 3.05) is 36.5 Å². The number of nitrogens with zero attached hydrogens (tertiary/aromatic N) is 2. The Bertz CT molecular complexity index is 924. The molecule has 4 rings (SSSR count). The van der Waals surface area contributed by atoms with Crippen LogP contribution in [-0.4, -0.2) is 50.7 Å². The molecule has 1 N–H and O–H groups in total. The molecule has 2 aromatic carbocycles. The van der Waals surface area contributed by atoms with Crippen LogP contribution in [0.25, 0.3) is 0 Å². The van der Waals surface area contributed by atoms with E-state index in [0.717, 1.165) is 37.4 Å². The summed E-state index contributed by atoms with van der Waals surface area (Å²) in [6.07, 6.45) is 1.11. The van der Waals surface area contributed by atoms with Crippen LogP contribution in [-0.2, 0) is 9.59 Å². The maximum Gasteiger partial charge on any atom is 0.268 e. The van der Waals surface area contributed by atoms with E-state index in [9.17, 15) is 9.59 Å². The normalized spacial score (nSPS) is 19.1. The highest BCUT2D eigenvalue weighted by atomic mass is 16.5. The van der Waals surface area contributed by atoms with E-state index in [0.29, 0.717) is 11.4 Å². The Morgan fingerprint density at radius 2 is 1.93 bits per heavy atom. The maximum absolute atomic E-state index is 12.7. The van der Waals surface area contributed by atoms with Crippen molar-refractivity contribution >= 4 is 23.2 Å². The van der Waals surface area contributed by atoms with Crippen molar-refractivity contribution in [3.05, 3.63) is 48.5 Å². The number of nitrogens with one attached hydrogen (secondary N) is 1. The van der Waals surface area contributed by atoms with Crippen LogP contribution in [0.2, 0.25) is 0 Å². The zero-order valence-corrected chi connectivity index (χ0v) is 17.3. The van der Waals surface area contributed by atoms with E-state index in [-0.39, 0.29) is 24.4 Å². The average molecular weight is 409 g/mol. The van der Waals surface area contributed by atoms with E-state index in [2.05, 4.69) is 16.3 Å². The average Bonchev–Trinajstić information content (AvgIpc) is 2.77. The third kappa shape index (κ3) is 4.20. The molecule has 0 aromatic heterocycles. The lowest BCUT2D eigenvalue weighted by atomic mass is 10.0. The van der Waals surface area contributed by atoms with Gasteiger partial charge in [0.15, 0.2) is 6.10 Å². The van der Waals surface area contributed by atoms with Crippen molar-refractivity contribution < 1.29 is 19.1 Å². The Morgan fingerprint density at radius 1 is 1.17 bits per heavy atom. The molecule has 1 saturated heterocycles. The van der Waals surface area contributed by atoms with Gasteiger partial charge in [0.2, 0.25) is 5.91 Å². The first-order valence-corrected chi connectivity index (χ1v) is 10.3. The SMILES string of the molecule is COc1cccc(N2CCC(NC(=O)CN3C(=O)C(C)Oc4ccccc43)CC2)c1. The molecule has 7 heteroatoms. The Morgan fingerprint density at radius 3 is 2.70 bits per heavy atom. The first kappa shape index (κ1) is 20.1. The molecule has 0 spiro atoms. The summed E-state index contributed by atoms with van der Waals surface area (Å²) in [4.78, 5) is 29.1. The van der Waals surface area contributed by atoms with E-state index in [1.54, 1.807) is 20.1 Å². The zero-order chi connectivity index (χ0) is 21.1. The molecule has 1 atom stereocenters. The highest BCUT2D eigenvalue weighted by Crippen LogP contribution is 2.33. The van der Waals surface area contributed by atoms with Crippen LogP contribution in [0.1, 0.15) is 19.8 Å². The number of carbonyl (C=O) groups is 2. The van der Waals surface area contributed by atoms with Gasteiger partial charge in [0.1, 0.15) is 18.0 Å². The fourth-order valence-corrected chi connectivity index (χ4v) is 4.03. The van der Waals surface area contributed by atoms with Crippen LogP contribution < -0.4 is 24.6 Å². The number of benzene rings is 2. The minimum atomic E-state index is -0.598. The fourth-order valence-electron chi connectivity index (χ4n) is 4.03. The molecule has 2 aliphatic rings. The molecule has 7 nitrogen and oxygen atoms in total. The second kappa shape index (κ2) is 8.65. The molecule has 2 heterocycles. The second-order valence-electron chi connectivity index (χ2n) is 7.68. The summed E-state index contributed by atoms with van der Waals surface area (Å²) >= 11 is 0. The molecule has 158 valence electrons. The maximum atomic E-state index is 12.7. The predicted octanol–water partition coefficient (Wildman–Crippen LogP) is 2.59. The van der Waals surface area contributed by atoms with Crippen molar-refractivity contribution in [2.45, 2.75) is 31.9 Å². The van der Waals surface area contributed by atoms with Crippen molar-refractivity contribution in [3.63, 3.8) is 0 Å². The Hall–Kier alpha value is -3.22. The van der Waals surface area contributed by atoms with Crippen molar-refractivity contribution in [1.82, 2.24) is 5.32 Å². The molecule has 2 amide bonds. The number of hydrogen-bond donors (Lipinski definition) is 1. The largest absolute Gasteiger partial charge is 0.497 e. The van der Waals surface area contributed by atoms with Crippen LogP contribution >= 0.6 is 0 Å². The summed E-state index contributed by atoms with van der Waals surface area (Å²) in [5.41, 5.74) is 1.77. The molecule has 2 aliphatic heterocycles. The second-order valence-corrected chi connectivity index (χ2v) is 7.68.